The normalized spacial score (nSPS) is 17.9. The number of nitrogens with one attached hydrogen (secondary N) is 1. The largest absolute Gasteiger partial charge is 0.381 e. The third kappa shape index (κ3) is 2.90. The Morgan fingerprint density at radius 2 is 2.21 bits per heavy atom. The maximum Gasteiger partial charge on any atom is 0.246 e. The lowest BCUT2D eigenvalue weighted by Crippen LogP contribution is -2.54. The highest BCUT2D eigenvalue weighted by molar-refractivity contribution is 7.39. The molecular weight excluding hydrogens is 306 g/mol. The van der Waals surface area contributed by atoms with Gasteiger partial charge in [-0.25, -0.2) is 4.98 Å². The summed E-state index contributed by atoms with van der Waals surface area (Å²) in [5.74, 6) is -0.160. The van der Waals surface area contributed by atoms with Crippen LogP contribution in [0.5, 0.6) is 0 Å². The van der Waals surface area contributed by atoms with Gasteiger partial charge < -0.3 is 15.8 Å². The zero-order valence-corrected chi connectivity index (χ0v) is 12.5. The second kappa shape index (κ2) is 5.72. The molecule has 1 aliphatic heterocycles. The quantitative estimate of drug-likeness (QED) is 0.890. The average molecular weight is 320 g/mol. The van der Waals surface area contributed by atoms with Gasteiger partial charge in [-0.1, -0.05) is 11.3 Å². The summed E-state index contributed by atoms with van der Waals surface area (Å²) in [6, 6.07) is 1.94. The van der Waals surface area contributed by atoms with Crippen LogP contribution in [-0.4, -0.2) is 29.6 Å². The molecule has 0 unspecified atom stereocenters. The van der Waals surface area contributed by atoms with Crippen molar-refractivity contribution in [3.63, 3.8) is 0 Å². The van der Waals surface area contributed by atoms with Crippen molar-refractivity contribution >= 4 is 55.6 Å². The number of fused-ring (bicyclic) bond motifs is 1. The minimum atomic E-state index is -0.822. The van der Waals surface area contributed by atoms with Crippen LogP contribution >= 0.6 is 35.1 Å². The van der Waals surface area contributed by atoms with E-state index in [1.807, 2.05) is 11.4 Å². The summed E-state index contributed by atoms with van der Waals surface area (Å²) in [6.07, 6.45) is 1.11. The maximum atomic E-state index is 12.2. The SMILES string of the molecule is Cl.NC1(C(=O)Nc2nc3ccsc3s2)CCOCC1. The molecule has 1 fully saturated rings. The van der Waals surface area contributed by atoms with Crippen molar-refractivity contribution in [1.82, 2.24) is 4.98 Å². The Balaban J connectivity index is 0.00000133. The Kier molecular flexibility index (Phi) is 4.42. The van der Waals surface area contributed by atoms with Gasteiger partial charge in [-0.05, 0) is 24.3 Å². The van der Waals surface area contributed by atoms with E-state index in [0.717, 1.165) is 9.53 Å². The zero-order chi connectivity index (χ0) is 12.6. The third-order valence-electron chi connectivity index (χ3n) is 3.08. The number of anilines is 1. The molecule has 0 aliphatic carbocycles. The third-order valence-corrected chi connectivity index (χ3v) is 5.09. The van der Waals surface area contributed by atoms with Gasteiger partial charge in [-0.15, -0.1) is 23.7 Å². The Hall–Kier alpha value is -0.730. The van der Waals surface area contributed by atoms with Crippen molar-refractivity contribution in [2.24, 2.45) is 5.73 Å². The summed E-state index contributed by atoms with van der Waals surface area (Å²) in [6.45, 7) is 1.08. The van der Waals surface area contributed by atoms with E-state index in [1.165, 1.54) is 11.3 Å². The lowest BCUT2D eigenvalue weighted by atomic mass is 9.90. The molecule has 5 nitrogen and oxygen atoms in total. The number of nitrogens with zero attached hydrogens (tertiary/aromatic N) is 1. The molecule has 0 aromatic carbocycles. The van der Waals surface area contributed by atoms with Crippen LogP contribution in [0.15, 0.2) is 11.4 Å². The van der Waals surface area contributed by atoms with Crippen LogP contribution in [0, 0.1) is 0 Å². The van der Waals surface area contributed by atoms with E-state index in [2.05, 4.69) is 10.3 Å². The molecule has 1 amide bonds. The molecule has 0 spiro atoms. The van der Waals surface area contributed by atoms with Crippen molar-refractivity contribution in [3.8, 4) is 0 Å². The molecule has 3 N–H and O–H groups in total. The number of hydrogen-bond acceptors (Lipinski definition) is 6. The molecule has 8 heteroatoms. The van der Waals surface area contributed by atoms with E-state index in [9.17, 15) is 4.79 Å². The summed E-state index contributed by atoms with van der Waals surface area (Å²) in [5.41, 5.74) is 6.21. The summed E-state index contributed by atoms with van der Waals surface area (Å²) in [4.78, 5) is 16.5. The maximum absolute atomic E-state index is 12.2. The highest BCUT2D eigenvalue weighted by Gasteiger charge is 2.36. The Labute approximate surface area is 124 Å². The fourth-order valence-corrected chi connectivity index (χ4v) is 3.74. The van der Waals surface area contributed by atoms with Gasteiger partial charge >= 0.3 is 0 Å². The monoisotopic (exact) mass is 319 g/mol. The molecule has 0 saturated carbocycles. The first kappa shape index (κ1) is 14.7. The van der Waals surface area contributed by atoms with Crippen LogP contribution in [0.1, 0.15) is 12.8 Å². The number of aromatic nitrogens is 1. The van der Waals surface area contributed by atoms with E-state index in [-0.39, 0.29) is 18.3 Å². The summed E-state index contributed by atoms with van der Waals surface area (Å²) in [7, 11) is 0. The van der Waals surface area contributed by atoms with Crippen molar-refractivity contribution in [3.05, 3.63) is 11.4 Å². The highest BCUT2D eigenvalue weighted by Crippen LogP contribution is 2.31. The van der Waals surface area contributed by atoms with Gasteiger partial charge in [0.2, 0.25) is 5.91 Å². The van der Waals surface area contributed by atoms with Crippen LogP contribution in [0.2, 0.25) is 0 Å². The number of carbonyl (C=O) groups is 1. The molecule has 2 aromatic heterocycles. The van der Waals surface area contributed by atoms with Gasteiger partial charge in [-0.3, -0.25) is 4.79 Å². The van der Waals surface area contributed by atoms with Gasteiger partial charge in [0, 0.05) is 13.2 Å². The number of rotatable bonds is 2. The van der Waals surface area contributed by atoms with E-state index in [0.29, 0.717) is 31.2 Å². The summed E-state index contributed by atoms with van der Waals surface area (Å²) in [5, 5.41) is 5.43. The van der Waals surface area contributed by atoms with Crippen LogP contribution in [0.4, 0.5) is 5.13 Å². The lowest BCUT2D eigenvalue weighted by molar-refractivity contribution is -0.124. The lowest BCUT2D eigenvalue weighted by Gasteiger charge is -2.31. The molecule has 3 rings (SSSR count). The number of thiazole rings is 1. The first-order valence-electron chi connectivity index (χ1n) is 5.69. The van der Waals surface area contributed by atoms with Crippen LogP contribution < -0.4 is 11.1 Å². The number of carbonyl (C=O) groups excluding carboxylic acids is 1. The minimum Gasteiger partial charge on any atom is -0.381 e. The summed E-state index contributed by atoms with van der Waals surface area (Å²) < 4.78 is 6.34. The van der Waals surface area contributed by atoms with Crippen molar-refractivity contribution in [2.75, 3.05) is 18.5 Å². The molecule has 0 atom stereocenters. The number of nitrogens with two attached hydrogens (primary N) is 1. The van der Waals surface area contributed by atoms with Crippen molar-refractivity contribution in [1.29, 1.82) is 0 Å². The van der Waals surface area contributed by atoms with E-state index >= 15 is 0 Å². The molecule has 1 aliphatic rings. The van der Waals surface area contributed by atoms with Crippen molar-refractivity contribution < 1.29 is 9.53 Å². The van der Waals surface area contributed by atoms with Crippen LogP contribution in [0.25, 0.3) is 9.53 Å². The number of halogens is 1. The molecule has 0 bridgehead atoms. The second-order valence-electron chi connectivity index (χ2n) is 4.33. The topological polar surface area (TPSA) is 77.2 Å². The number of hydrogen-bond donors (Lipinski definition) is 2. The highest BCUT2D eigenvalue weighted by atomic mass is 35.5. The van der Waals surface area contributed by atoms with Gasteiger partial charge in [0.1, 0.15) is 9.55 Å². The molecule has 104 valence electrons. The minimum absolute atomic E-state index is 0. The number of thiophene rings is 1. The average Bonchev–Trinajstić information content (AvgIpc) is 2.90. The molecule has 19 heavy (non-hydrogen) atoms. The predicted molar refractivity (Wildman–Crippen MR) is 80.3 cm³/mol. The van der Waals surface area contributed by atoms with E-state index < -0.39 is 5.54 Å². The molecule has 2 aromatic rings. The van der Waals surface area contributed by atoms with Crippen molar-refractivity contribution in [2.45, 2.75) is 18.4 Å². The number of amides is 1. The number of ether oxygens (including phenoxy) is 1. The Bertz CT molecular complexity index is 549. The van der Waals surface area contributed by atoms with Crippen LogP contribution in [-0.2, 0) is 9.53 Å². The first-order valence-corrected chi connectivity index (χ1v) is 7.39. The van der Waals surface area contributed by atoms with Gasteiger partial charge in [0.25, 0.3) is 0 Å². The predicted octanol–water partition coefficient (Wildman–Crippen LogP) is 2.23. The molecule has 1 saturated heterocycles. The zero-order valence-electron chi connectivity index (χ0n) is 10.0. The molecular formula is C11H14ClN3O2S2. The van der Waals surface area contributed by atoms with Crippen LogP contribution in [0.3, 0.4) is 0 Å². The fraction of sp³-hybridized carbons (Fsp3) is 0.455. The molecule has 0 radical (unpaired) electrons. The van der Waals surface area contributed by atoms with Gasteiger partial charge in [0.15, 0.2) is 5.13 Å². The summed E-state index contributed by atoms with van der Waals surface area (Å²) >= 11 is 3.11. The van der Waals surface area contributed by atoms with Gasteiger partial charge in [0.05, 0.1) is 5.52 Å². The molecule has 3 heterocycles. The van der Waals surface area contributed by atoms with Gasteiger partial charge in [-0.2, -0.15) is 0 Å². The smallest absolute Gasteiger partial charge is 0.246 e. The second-order valence-corrected chi connectivity index (χ2v) is 6.51. The van der Waals surface area contributed by atoms with E-state index in [1.54, 1.807) is 11.3 Å². The Morgan fingerprint density at radius 1 is 1.47 bits per heavy atom. The fourth-order valence-electron chi connectivity index (χ4n) is 1.91. The first-order chi connectivity index (χ1) is 8.67. The van der Waals surface area contributed by atoms with E-state index in [4.69, 9.17) is 10.5 Å². The Morgan fingerprint density at radius 3 is 2.89 bits per heavy atom. The standard InChI is InChI=1S/C11H13N3O2S2.ClH/c12-11(2-4-16-5-3-11)9(15)14-10-13-7-1-6-17-8(7)18-10;/h1,6H,2-5,12H2,(H,13,14,15);1H.